The van der Waals surface area contributed by atoms with Crippen LogP contribution in [0.4, 0.5) is 13.2 Å². The van der Waals surface area contributed by atoms with Gasteiger partial charge in [-0.15, -0.1) is 0 Å². The van der Waals surface area contributed by atoms with Crippen LogP contribution >= 0.6 is 0 Å². The zero-order valence-corrected chi connectivity index (χ0v) is 19.4. The first-order valence-corrected chi connectivity index (χ1v) is 12.9. The van der Waals surface area contributed by atoms with Gasteiger partial charge in [0.1, 0.15) is 11.5 Å². The summed E-state index contributed by atoms with van der Waals surface area (Å²) < 4.78 is 68.4. The number of hydrogen-bond acceptors (Lipinski definition) is 4. The van der Waals surface area contributed by atoms with E-state index < -0.39 is 21.4 Å². The Morgan fingerprint density at radius 3 is 1.48 bits per heavy atom. The van der Waals surface area contributed by atoms with Crippen molar-refractivity contribution in [3.05, 3.63) is 24.3 Å². The Balaban J connectivity index is 2.00. The molecule has 0 unspecified atom stereocenters. The molecule has 0 fully saturated rings. The number of rotatable bonds is 18. The Bertz CT molecular complexity index is 673. The summed E-state index contributed by atoms with van der Waals surface area (Å²) in [5, 5.41) is 0. The fraction of sp³-hybridized carbons (Fsp3) is 0.739. The van der Waals surface area contributed by atoms with Crippen molar-refractivity contribution < 1.29 is 30.5 Å². The first-order valence-electron chi connectivity index (χ1n) is 11.5. The highest BCUT2D eigenvalue weighted by Crippen LogP contribution is 2.28. The van der Waals surface area contributed by atoms with Gasteiger partial charge in [0.2, 0.25) is 0 Å². The molecular weight excluding hydrogens is 429 g/mol. The standard InChI is InChI=1S/C23H37F3O4S/c1-2-3-4-5-6-7-8-9-10-11-12-13-14-15-20-29-21-16-18-22(19-17-21)30-31(27,28)23(24,25)26/h16-19H,2-15,20H2,1H3. The van der Waals surface area contributed by atoms with Crippen LogP contribution in [-0.4, -0.2) is 20.5 Å². The summed E-state index contributed by atoms with van der Waals surface area (Å²) in [7, 11) is -5.65. The summed E-state index contributed by atoms with van der Waals surface area (Å²) in [4.78, 5) is 0. The van der Waals surface area contributed by atoms with E-state index in [4.69, 9.17) is 4.74 Å². The number of unbranched alkanes of at least 4 members (excludes halogenated alkanes) is 13. The predicted octanol–water partition coefficient (Wildman–Crippen LogP) is 7.78. The second-order valence-corrected chi connectivity index (χ2v) is 9.44. The third-order valence-electron chi connectivity index (χ3n) is 5.08. The molecule has 0 saturated carbocycles. The maximum atomic E-state index is 12.3. The highest BCUT2D eigenvalue weighted by Gasteiger charge is 2.48. The van der Waals surface area contributed by atoms with Crippen LogP contribution in [0.15, 0.2) is 24.3 Å². The second kappa shape index (κ2) is 15.4. The zero-order valence-electron chi connectivity index (χ0n) is 18.6. The van der Waals surface area contributed by atoms with E-state index in [-0.39, 0.29) is 0 Å². The summed E-state index contributed by atoms with van der Waals surface area (Å²) >= 11 is 0. The Morgan fingerprint density at radius 2 is 1.06 bits per heavy atom. The molecule has 0 bridgehead atoms. The molecule has 1 aromatic rings. The van der Waals surface area contributed by atoms with E-state index in [0.717, 1.165) is 25.0 Å². The highest BCUT2D eigenvalue weighted by atomic mass is 32.2. The van der Waals surface area contributed by atoms with Crippen LogP contribution in [0, 0.1) is 0 Å². The van der Waals surface area contributed by atoms with Gasteiger partial charge in [0.15, 0.2) is 0 Å². The lowest BCUT2D eigenvalue weighted by molar-refractivity contribution is -0.0500. The van der Waals surface area contributed by atoms with E-state index in [9.17, 15) is 21.6 Å². The maximum Gasteiger partial charge on any atom is 0.534 e. The normalized spacial score (nSPS) is 12.1. The third kappa shape index (κ3) is 12.9. The molecule has 0 aliphatic heterocycles. The van der Waals surface area contributed by atoms with Gasteiger partial charge in [0.25, 0.3) is 0 Å². The molecule has 4 nitrogen and oxygen atoms in total. The van der Waals surface area contributed by atoms with Gasteiger partial charge in [-0.05, 0) is 30.7 Å². The molecular formula is C23H37F3O4S. The van der Waals surface area contributed by atoms with Crippen LogP contribution in [0.3, 0.4) is 0 Å². The van der Waals surface area contributed by atoms with E-state index in [2.05, 4.69) is 11.1 Å². The van der Waals surface area contributed by atoms with E-state index in [1.54, 1.807) is 0 Å². The minimum absolute atomic E-state index is 0.402. The fourth-order valence-corrected chi connectivity index (χ4v) is 3.71. The van der Waals surface area contributed by atoms with Crippen molar-refractivity contribution in [2.75, 3.05) is 6.61 Å². The molecule has 0 aliphatic carbocycles. The molecule has 0 aliphatic rings. The van der Waals surface area contributed by atoms with Crippen LogP contribution in [0.2, 0.25) is 0 Å². The average molecular weight is 467 g/mol. The molecule has 0 spiro atoms. The minimum atomic E-state index is -5.65. The van der Waals surface area contributed by atoms with E-state index >= 15 is 0 Å². The summed E-state index contributed by atoms with van der Waals surface area (Å²) in [6.07, 6.45) is 17.8. The Hall–Kier alpha value is -1.44. The van der Waals surface area contributed by atoms with Crippen molar-refractivity contribution >= 4 is 10.1 Å². The summed E-state index contributed by atoms with van der Waals surface area (Å²) in [5.41, 5.74) is -5.45. The van der Waals surface area contributed by atoms with Gasteiger partial charge in [-0.25, -0.2) is 0 Å². The highest BCUT2D eigenvalue weighted by molar-refractivity contribution is 7.88. The molecule has 0 radical (unpaired) electrons. The summed E-state index contributed by atoms with van der Waals surface area (Å²) in [6, 6.07) is 5.07. The van der Waals surface area contributed by atoms with Crippen molar-refractivity contribution in [3.63, 3.8) is 0 Å². The lowest BCUT2D eigenvalue weighted by atomic mass is 10.0. The number of halogens is 3. The second-order valence-electron chi connectivity index (χ2n) is 7.90. The number of hydrogen-bond donors (Lipinski definition) is 0. The number of benzene rings is 1. The SMILES string of the molecule is CCCCCCCCCCCCCCCCOc1ccc(OS(=O)(=O)C(F)(F)F)cc1. The van der Waals surface area contributed by atoms with Gasteiger partial charge in [0.05, 0.1) is 6.61 Å². The van der Waals surface area contributed by atoms with Crippen molar-refractivity contribution in [3.8, 4) is 11.5 Å². The molecule has 31 heavy (non-hydrogen) atoms. The quantitative estimate of drug-likeness (QED) is 0.126. The molecule has 1 aromatic carbocycles. The number of ether oxygens (including phenoxy) is 1. The van der Waals surface area contributed by atoms with Crippen LogP contribution in [0.1, 0.15) is 96.8 Å². The van der Waals surface area contributed by atoms with Gasteiger partial charge < -0.3 is 8.92 Å². The van der Waals surface area contributed by atoms with E-state index in [1.807, 2.05) is 0 Å². The lowest BCUT2D eigenvalue weighted by Crippen LogP contribution is -2.28. The number of alkyl halides is 3. The molecule has 0 amide bonds. The molecule has 0 N–H and O–H groups in total. The topological polar surface area (TPSA) is 52.6 Å². The van der Waals surface area contributed by atoms with Gasteiger partial charge in [0, 0.05) is 0 Å². The Morgan fingerprint density at radius 1 is 0.677 bits per heavy atom. The first-order chi connectivity index (χ1) is 14.8. The molecule has 0 saturated heterocycles. The van der Waals surface area contributed by atoms with Gasteiger partial charge in [-0.3, -0.25) is 0 Å². The van der Waals surface area contributed by atoms with E-state index in [0.29, 0.717) is 12.4 Å². The molecule has 180 valence electrons. The molecule has 8 heteroatoms. The van der Waals surface area contributed by atoms with Gasteiger partial charge in [-0.2, -0.15) is 21.6 Å². The molecule has 1 rings (SSSR count). The Labute approximate surface area is 185 Å². The van der Waals surface area contributed by atoms with Crippen molar-refractivity contribution in [2.45, 2.75) is 102 Å². The zero-order chi connectivity index (χ0) is 23.0. The van der Waals surface area contributed by atoms with Gasteiger partial charge >= 0.3 is 15.6 Å². The average Bonchev–Trinajstić information content (AvgIpc) is 2.71. The Kier molecular flexibility index (Phi) is 13.7. The van der Waals surface area contributed by atoms with Crippen molar-refractivity contribution in [1.82, 2.24) is 0 Å². The molecule has 0 aromatic heterocycles. The van der Waals surface area contributed by atoms with Crippen molar-refractivity contribution in [2.24, 2.45) is 0 Å². The predicted molar refractivity (Wildman–Crippen MR) is 118 cm³/mol. The van der Waals surface area contributed by atoms with Gasteiger partial charge in [-0.1, -0.05) is 90.4 Å². The third-order valence-corrected chi connectivity index (χ3v) is 6.06. The summed E-state index contributed by atoms with van der Waals surface area (Å²) in [6.45, 7) is 2.76. The van der Waals surface area contributed by atoms with Crippen LogP contribution in [0.25, 0.3) is 0 Å². The summed E-state index contributed by atoms with van der Waals surface area (Å²) in [5.74, 6) is 0.0626. The molecule has 0 heterocycles. The van der Waals surface area contributed by atoms with Crippen LogP contribution in [-0.2, 0) is 10.1 Å². The maximum absolute atomic E-state index is 12.3. The van der Waals surface area contributed by atoms with Crippen molar-refractivity contribution in [1.29, 1.82) is 0 Å². The fourth-order valence-electron chi connectivity index (χ4n) is 3.25. The lowest BCUT2D eigenvalue weighted by Gasteiger charge is -2.10. The molecule has 0 atom stereocenters. The van der Waals surface area contributed by atoms with Crippen LogP contribution < -0.4 is 8.92 Å². The minimum Gasteiger partial charge on any atom is -0.494 e. The first kappa shape index (κ1) is 27.6. The van der Waals surface area contributed by atoms with Crippen LogP contribution in [0.5, 0.6) is 11.5 Å². The largest absolute Gasteiger partial charge is 0.534 e. The monoisotopic (exact) mass is 466 g/mol. The van der Waals surface area contributed by atoms with E-state index in [1.165, 1.54) is 89.2 Å². The smallest absolute Gasteiger partial charge is 0.494 e.